The van der Waals surface area contributed by atoms with Gasteiger partial charge in [-0.1, -0.05) is 41.9 Å². The summed E-state index contributed by atoms with van der Waals surface area (Å²) in [5, 5.41) is 9.73. The molecule has 0 aromatic heterocycles. The Bertz CT molecular complexity index is 913. The first-order chi connectivity index (χ1) is 12.6. The van der Waals surface area contributed by atoms with Gasteiger partial charge in [-0.05, 0) is 41.8 Å². The standard InChI is InChI=1S/C20H15ClN2O3/c21-17-7-5-14(6-8-17)11-16(12-22)20(25)26-13-19(24)23-10-9-15-3-1-2-4-18(15)23/h1-8,11H,9-10,13H2/b16-11+. The van der Waals surface area contributed by atoms with Gasteiger partial charge >= 0.3 is 5.97 Å². The molecule has 0 saturated heterocycles. The molecule has 0 radical (unpaired) electrons. The maximum absolute atomic E-state index is 12.4. The fraction of sp³-hybridized carbons (Fsp3) is 0.150. The third-order valence-electron chi connectivity index (χ3n) is 4.04. The molecule has 2 aromatic carbocycles. The normalized spacial score (nSPS) is 13.1. The van der Waals surface area contributed by atoms with Crippen LogP contribution in [-0.4, -0.2) is 25.0 Å². The van der Waals surface area contributed by atoms with Crippen molar-refractivity contribution in [3.8, 4) is 6.07 Å². The number of para-hydroxylation sites is 1. The Hall–Kier alpha value is -3.10. The van der Waals surface area contributed by atoms with E-state index >= 15 is 0 Å². The molecule has 130 valence electrons. The Morgan fingerprint density at radius 1 is 1.19 bits per heavy atom. The minimum absolute atomic E-state index is 0.179. The number of ether oxygens (including phenoxy) is 1. The molecular formula is C20H15ClN2O3. The minimum atomic E-state index is -0.830. The van der Waals surface area contributed by atoms with Crippen molar-refractivity contribution in [2.75, 3.05) is 18.1 Å². The molecule has 3 rings (SSSR count). The lowest BCUT2D eigenvalue weighted by molar-refractivity contribution is -0.143. The Morgan fingerprint density at radius 2 is 1.92 bits per heavy atom. The summed E-state index contributed by atoms with van der Waals surface area (Å²) in [6.07, 6.45) is 2.17. The van der Waals surface area contributed by atoms with Crippen molar-refractivity contribution < 1.29 is 14.3 Å². The van der Waals surface area contributed by atoms with Gasteiger partial charge in [0.25, 0.3) is 5.91 Å². The third-order valence-corrected chi connectivity index (χ3v) is 4.29. The van der Waals surface area contributed by atoms with Crippen LogP contribution in [0.5, 0.6) is 0 Å². The first-order valence-electron chi connectivity index (χ1n) is 8.01. The van der Waals surface area contributed by atoms with E-state index in [0.29, 0.717) is 17.1 Å². The molecule has 0 spiro atoms. The largest absolute Gasteiger partial charge is 0.451 e. The van der Waals surface area contributed by atoms with Crippen LogP contribution < -0.4 is 4.90 Å². The van der Waals surface area contributed by atoms with E-state index in [4.69, 9.17) is 16.3 Å². The fourth-order valence-electron chi connectivity index (χ4n) is 2.74. The average Bonchev–Trinajstić information content (AvgIpc) is 3.09. The molecule has 2 aromatic rings. The van der Waals surface area contributed by atoms with Crippen molar-refractivity contribution in [2.24, 2.45) is 0 Å². The Labute approximate surface area is 156 Å². The van der Waals surface area contributed by atoms with Crippen LogP contribution in [0.1, 0.15) is 11.1 Å². The number of nitrogens with zero attached hydrogens (tertiary/aromatic N) is 2. The summed E-state index contributed by atoms with van der Waals surface area (Å²) in [7, 11) is 0. The van der Waals surface area contributed by atoms with Crippen LogP contribution in [0.25, 0.3) is 6.08 Å². The fourth-order valence-corrected chi connectivity index (χ4v) is 2.87. The lowest BCUT2D eigenvalue weighted by Gasteiger charge is -2.17. The van der Waals surface area contributed by atoms with Crippen LogP contribution in [0.4, 0.5) is 5.69 Å². The molecule has 0 bridgehead atoms. The predicted molar refractivity (Wildman–Crippen MR) is 98.5 cm³/mol. The molecule has 0 aliphatic carbocycles. The molecule has 0 N–H and O–H groups in total. The SMILES string of the molecule is N#C/C(=C\c1ccc(Cl)cc1)C(=O)OCC(=O)N1CCc2ccccc21. The highest BCUT2D eigenvalue weighted by Crippen LogP contribution is 2.27. The summed E-state index contributed by atoms with van der Waals surface area (Å²) >= 11 is 5.81. The van der Waals surface area contributed by atoms with Crippen LogP contribution in [-0.2, 0) is 20.7 Å². The van der Waals surface area contributed by atoms with Crippen LogP contribution >= 0.6 is 11.6 Å². The smallest absolute Gasteiger partial charge is 0.349 e. The number of hydrogen-bond acceptors (Lipinski definition) is 4. The molecular weight excluding hydrogens is 352 g/mol. The van der Waals surface area contributed by atoms with Gasteiger partial charge in [0.05, 0.1) is 0 Å². The number of benzene rings is 2. The molecule has 0 unspecified atom stereocenters. The first kappa shape index (κ1) is 17.7. The number of amides is 1. The van der Waals surface area contributed by atoms with Crippen LogP contribution in [0, 0.1) is 11.3 Å². The van der Waals surface area contributed by atoms with Gasteiger partial charge < -0.3 is 9.64 Å². The van der Waals surface area contributed by atoms with Crippen molar-refractivity contribution >= 4 is 35.2 Å². The maximum atomic E-state index is 12.4. The molecule has 26 heavy (non-hydrogen) atoms. The second-order valence-corrected chi connectivity index (χ2v) is 6.16. The number of halogens is 1. The molecule has 1 aliphatic rings. The van der Waals surface area contributed by atoms with E-state index in [2.05, 4.69) is 0 Å². The number of carbonyl (C=O) groups is 2. The Morgan fingerprint density at radius 3 is 2.65 bits per heavy atom. The number of nitriles is 1. The van der Waals surface area contributed by atoms with E-state index in [1.807, 2.05) is 24.3 Å². The maximum Gasteiger partial charge on any atom is 0.349 e. The molecule has 1 aliphatic heterocycles. The van der Waals surface area contributed by atoms with Crippen molar-refractivity contribution in [3.05, 3.63) is 70.3 Å². The zero-order valence-electron chi connectivity index (χ0n) is 13.8. The summed E-state index contributed by atoms with van der Waals surface area (Å²) in [5.41, 5.74) is 2.39. The topological polar surface area (TPSA) is 70.4 Å². The highest BCUT2D eigenvalue weighted by Gasteiger charge is 2.25. The highest BCUT2D eigenvalue weighted by atomic mass is 35.5. The van der Waals surface area contributed by atoms with Crippen LogP contribution in [0.15, 0.2) is 54.1 Å². The number of esters is 1. The van der Waals surface area contributed by atoms with E-state index < -0.39 is 12.6 Å². The zero-order valence-corrected chi connectivity index (χ0v) is 14.6. The average molecular weight is 367 g/mol. The third kappa shape index (κ3) is 3.93. The van der Waals surface area contributed by atoms with Crippen LogP contribution in [0.2, 0.25) is 5.02 Å². The van der Waals surface area contributed by atoms with Crippen molar-refractivity contribution in [1.82, 2.24) is 0 Å². The number of anilines is 1. The van der Waals surface area contributed by atoms with Gasteiger partial charge in [-0.2, -0.15) is 5.26 Å². The lowest BCUT2D eigenvalue weighted by atomic mass is 10.1. The van der Waals surface area contributed by atoms with Gasteiger partial charge in [-0.3, -0.25) is 4.79 Å². The highest BCUT2D eigenvalue weighted by molar-refractivity contribution is 6.30. The number of hydrogen-bond donors (Lipinski definition) is 0. The van der Waals surface area contributed by atoms with Crippen molar-refractivity contribution in [1.29, 1.82) is 5.26 Å². The van der Waals surface area contributed by atoms with Gasteiger partial charge in [0.15, 0.2) is 6.61 Å². The monoisotopic (exact) mass is 366 g/mol. The van der Waals surface area contributed by atoms with Gasteiger partial charge in [-0.25, -0.2) is 4.79 Å². The molecule has 6 heteroatoms. The summed E-state index contributed by atoms with van der Waals surface area (Å²) in [6.45, 7) is 0.147. The second kappa shape index (κ2) is 7.85. The zero-order chi connectivity index (χ0) is 18.5. The predicted octanol–water partition coefficient (Wildman–Crippen LogP) is 3.38. The molecule has 5 nitrogen and oxygen atoms in total. The Kier molecular flexibility index (Phi) is 5.35. The molecule has 1 amide bonds. The van der Waals surface area contributed by atoms with Crippen LogP contribution in [0.3, 0.4) is 0 Å². The Balaban J connectivity index is 1.63. The number of fused-ring (bicyclic) bond motifs is 1. The number of rotatable bonds is 4. The van der Waals surface area contributed by atoms with Gasteiger partial charge in [-0.15, -0.1) is 0 Å². The summed E-state index contributed by atoms with van der Waals surface area (Å²) in [5.74, 6) is -1.14. The summed E-state index contributed by atoms with van der Waals surface area (Å²) in [4.78, 5) is 26.0. The van der Waals surface area contributed by atoms with Gasteiger partial charge in [0.1, 0.15) is 11.6 Å². The molecule has 1 heterocycles. The van der Waals surface area contributed by atoms with Gasteiger partial charge in [0.2, 0.25) is 0 Å². The number of carbonyl (C=O) groups excluding carboxylic acids is 2. The van der Waals surface area contributed by atoms with Gasteiger partial charge in [0, 0.05) is 17.3 Å². The van der Waals surface area contributed by atoms with E-state index in [-0.39, 0.29) is 11.5 Å². The molecule has 0 saturated carbocycles. The van der Waals surface area contributed by atoms with E-state index in [1.165, 1.54) is 6.08 Å². The first-order valence-corrected chi connectivity index (χ1v) is 8.39. The molecule has 0 fully saturated rings. The quantitative estimate of drug-likeness (QED) is 0.472. The van der Waals surface area contributed by atoms with Crippen molar-refractivity contribution in [3.63, 3.8) is 0 Å². The minimum Gasteiger partial charge on any atom is -0.451 e. The van der Waals surface area contributed by atoms with E-state index in [0.717, 1.165) is 17.7 Å². The lowest BCUT2D eigenvalue weighted by Crippen LogP contribution is -2.33. The van der Waals surface area contributed by atoms with Crippen molar-refractivity contribution in [2.45, 2.75) is 6.42 Å². The summed E-state index contributed by atoms with van der Waals surface area (Å²) in [6, 6.07) is 16.1. The van der Waals surface area contributed by atoms with E-state index in [9.17, 15) is 14.9 Å². The summed E-state index contributed by atoms with van der Waals surface area (Å²) < 4.78 is 5.03. The molecule has 0 atom stereocenters. The second-order valence-electron chi connectivity index (χ2n) is 5.72. The van der Waals surface area contributed by atoms with E-state index in [1.54, 1.807) is 35.2 Å².